The summed E-state index contributed by atoms with van der Waals surface area (Å²) in [4.78, 5) is 1.32. The highest BCUT2D eigenvalue weighted by molar-refractivity contribution is 7.10. The first-order valence-corrected chi connectivity index (χ1v) is 6.63. The van der Waals surface area contributed by atoms with Crippen molar-refractivity contribution in [1.82, 2.24) is 5.32 Å². The number of hydrogen-bond donors (Lipinski definition) is 1. The van der Waals surface area contributed by atoms with E-state index in [9.17, 15) is 4.39 Å². The average molecular weight is 249 g/mol. The molecule has 1 N–H and O–H groups in total. The highest BCUT2D eigenvalue weighted by Gasteiger charge is 2.16. The van der Waals surface area contributed by atoms with Crippen LogP contribution in [0.15, 0.2) is 35.7 Å². The van der Waals surface area contributed by atoms with Crippen molar-refractivity contribution in [3.8, 4) is 0 Å². The molecular weight excluding hydrogens is 233 g/mol. The Labute approximate surface area is 105 Å². The quantitative estimate of drug-likeness (QED) is 0.870. The molecule has 0 spiro atoms. The standard InChI is InChI=1S/C14H16FNS/c1-3-10-8-9-17-14(10)13(16-2)11-4-6-12(15)7-5-11/h4-9,13,16H,3H2,1-2H3. The third-order valence-corrected chi connectivity index (χ3v) is 3.94. The molecule has 2 aromatic rings. The highest BCUT2D eigenvalue weighted by Crippen LogP contribution is 2.29. The first-order valence-electron chi connectivity index (χ1n) is 5.75. The molecule has 0 bridgehead atoms. The van der Waals surface area contributed by atoms with Gasteiger partial charge in [0.1, 0.15) is 5.82 Å². The van der Waals surface area contributed by atoms with Crippen LogP contribution in [0.2, 0.25) is 0 Å². The van der Waals surface area contributed by atoms with Crippen LogP contribution in [0.4, 0.5) is 4.39 Å². The molecule has 1 atom stereocenters. The van der Waals surface area contributed by atoms with Crippen LogP contribution in [0.3, 0.4) is 0 Å². The zero-order valence-electron chi connectivity index (χ0n) is 10.0. The summed E-state index contributed by atoms with van der Waals surface area (Å²) in [5.74, 6) is -0.189. The van der Waals surface area contributed by atoms with Crippen LogP contribution in [0.5, 0.6) is 0 Å². The summed E-state index contributed by atoms with van der Waals surface area (Å²) in [6.07, 6.45) is 1.03. The molecule has 1 aromatic heterocycles. The van der Waals surface area contributed by atoms with Gasteiger partial charge in [0.2, 0.25) is 0 Å². The van der Waals surface area contributed by atoms with Gasteiger partial charge in [0.15, 0.2) is 0 Å². The maximum absolute atomic E-state index is 12.9. The Morgan fingerprint density at radius 2 is 1.94 bits per heavy atom. The molecule has 1 unspecified atom stereocenters. The minimum Gasteiger partial charge on any atom is -0.309 e. The largest absolute Gasteiger partial charge is 0.309 e. The van der Waals surface area contributed by atoms with E-state index in [-0.39, 0.29) is 11.9 Å². The fourth-order valence-corrected chi connectivity index (χ4v) is 3.13. The van der Waals surface area contributed by atoms with E-state index in [0.29, 0.717) is 0 Å². The molecule has 90 valence electrons. The fourth-order valence-electron chi connectivity index (χ4n) is 2.00. The summed E-state index contributed by atoms with van der Waals surface area (Å²) < 4.78 is 12.9. The van der Waals surface area contributed by atoms with Gasteiger partial charge in [-0.15, -0.1) is 11.3 Å². The molecule has 3 heteroatoms. The summed E-state index contributed by atoms with van der Waals surface area (Å²) in [7, 11) is 1.94. The van der Waals surface area contributed by atoms with Gasteiger partial charge < -0.3 is 5.32 Å². The minimum atomic E-state index is -0.189. The molecular formula is C14H16FNS. The van der Waals surface area contributed by atoms with E-state index in [1.165, 1.54) is 22.6 Å². The third-order valence-electron chi connectivity index (χ3n) is 2.92. The van der Waals surface area contributed by atoms with Crippen molar-refractivity contribution in [2.75, 3.05) is 7.05 Å². The van der Waals surface area contributed by atoms with Crippen LogP contribution < -0.4 is 5.32 Å². The highest BCUT2D eigenvalue weighted by atomic mass is 32.1. The minimum absolute atomic E-state index is 0.158. The normalized spacial score (nSPS) is 12.6. The van der Waals surface area contributed by atoms with Crippen molar-refractivity contribution in [3.05, 3.63) is 57.5 Å². The molecule has 1 heterocycles. The van der Waals surface area contributed by atoms with Crippen LogP contribution in [-0.2, 0) is 6.42 Å². The van der Waals surface area contributed by atoms with Gasteiger partial charge >= 0.3 is 0 Å². The van der Waals surface area contributed by atoms with Crippen molar-refractivity contribution in [2.45, 2.75) is 19.4 Å². The first kappa shape index (κ1) is 12.3. The first-order chi connectivity index (χ1) is 8.26. The van der Waals surface area contributed by atoms with Gasteiger partial charge in [-0.05, 0) is 48.2 Å². The number of nitrogens with one attached hydrogen (secondary N) is 1. The fraction of sp³-hybridized carbons (Fsp3) is 0.286. The molecule has 1 aromatic carbocycles. The maximum atomic E-state index is 12.9. The molecule has 2 rings (SSSR count). The topological polar surface area (TPSA) is 12.0 Å². The van der Waals surface area contributed by atoms with Crippen molar-refractivity contribution in [1.29, 1.82) is 0 Å². The summed E-state index contributed by atoms with van der Waals surface area (Å²) >= 11 is 1.75. The van der Waals surface area contributed by atoms with E-state index in [2.05, 4.69) is 23.7 Å². The van der Waals surface area contributed by atoms with Crippen LogP contribution in [0.1, 0.15) is 29.0 Å². The van der Waals surface area contributed by atoms with Crippen LogP contribution >= 0.6 is 11.3 Å². The zero-order valence-corrected chi connectivity index (χ0v) is 10.9. The summed E-state index contributed by atoms with van der Waals surface area (Å²) in [5.41, 5.74) is 2.46. The number of rotatable bonds is 4. The molecule has 0 amide bonds. The molecule has 0 aliphatic heterocycles. The second-order valence-electron chi connectivity index (χ2n) is 3.94. The zero-order chi connectivity index (χ0) is 12.3. The lowest BCUT2D eigenvalue weighted by Crippen LogP contribution is -2.17. The van der Waals surface area contributed by atoms with Crippen molar-refractivity contribution in [2.24, 2.45) is 0 Å². The molecule has 17 heavy (non-hydrogen) atoms. The summed E-state index contributed by atoms with van der Waals surface area (Å²) in [5, 5.41) is 5.42. The lowest BCUT2D eigenvalue weighted by atomic mass is 10.0. The Hall–Kier alpha value is -1.19. The molecule has 0 radical (unpaired) electrons. The van der Waals surface area contributed by atoms with Crippen molar-refractivity contribution >= 4 is 11.3 Å². The number of thiophene rings is 1. The second kappa shape index (κ2) is 5.43. The Morgan fingerprint density at radius 1 is 1.24 bits per heavy atom. The van der Waals surface area contributed by atoms with E-state index >= 15 is 0 Å². The maximum Gasteiger partial charge on any atom is 0.123 e. The lowest BCUT2D eigenvalue weighted by molar-refractivity contribution is 0.624. The lowest BCUT2D eigenvalue weighted by Gasteiger charge is -2.17. The van der Waals surface area contributed by atoms with Crippen LogP contribution in [0.25, 0.3) is 0 Å². The molecule has 0 aliphatic carbocycles. The monoisotopic (exact) mass is 249 g/mol. The average Bonchev–Trinajstić information content (AvgIpc) is 2.81. The van der Waals surface area contributed by atoms with Gasteiger partial charge in [0.05, 0.1) is 6.04 Å². The molecule has 1 nitrogen and oxygen atoms in total. The SMILES string of the molecule is CCc1ccsc1C(NC)c1ccc(F)cc1. The molecule has 0 saturated carbocycles. The summed E-state index contributed by atoms with van der Waals surface area (Å²) in [6.45, 7) is 2.16. The number of aryl methyl sites for hydroxylation is 1. The Balaban J connectivity index is 2.36. The second-order valence-corrected chi connectivity index (χ2v) is 4.88. The van der Waals surface area contributed by atoms with Gasteiger partial charge in [0, 0.05) is 4.88 Å². The Morgan fingerprint density at radius 3 is 2.53 bits per heavy atom. The Bertz CT molecular complexity index is 475. The molecule has 0 aliphatic rings. The predicted molar refractivity (Wildman–Crippen MR) is 71.0 cm³/mol. The van der Waals surface area contributed by atoms with Gasteiger partial charge in [-0.25, -0.2) is 4.39 Å². The van der Waals surface area contributed by atoms with E-state index in [4.69, 9.17) is 0 Å². The number of halogens is 1. The van der Waals surface area contributed by atoms with Gasteiger partial charge in [-0.2, -0.15) is 0 Å². The number of hydrogen-bond acceptors (Lipinski definition) is 2. The molecule has 0 saturated heterocycles. The number of benzene rings is 1. The van der Waals surface area contributed by atoms with E-state index < -0.39 is 0 Å². The van der Waals surface area contributed by atoms with E-state index in [1.807, 2.05) is 19.2 Å². The smallest absolute Gasteiger partial charge is 0.123 e. The van der Waals surface area contributed by atoms with Gasteiger partial charge in [-0.3, -0.25) is 0 Å². The molecule has 0 fully saturated rings. The Kier molecular flexibility index (Phi) is 3.92. The summed E-state index contributed by atoms with van der Waals surface area (Å²) in [6, 6.07) is 9.03. The van der Waals surface area contributed by atoms with Crippen molar-refractivity contribution in [3.63, 3.8) is 0 Å². The van der Waals surface area contributed by atoms with Crippen LogP contribution in [-0.4, -0.2) is 7.05 Å². The third kappa shape index (κ3) is 2.56. The van der Waals surface area contributed by atoms with E-state index in [0.717, 1.165) is 12.0 Å². The van der Waals surface area contributed by atoms with Gasteiger partial charge in [-0.1, -0.05) is 19.1 Å². The van der Waals surface area contributed by atoms with Gasteiger partial charge in [0.25, 0.3) is 0 Å². The van der Waals surface area contributed by atoms with Crippen molar-refractivity contribution < 1.29 is 4.39 Å². The van der Waals surface area contributed by atoms with E-state index in [1.54, 1.807) is 11.3 Å². The predicted octanol–water partition coefficient (Wildman–Crippen LogP) is 3.76. The van der Waals surface area contributed by atoms with Crippen LogP contribution in [0, 0.1) is 5.82 Å².